The average molecular weight is 322 g/mol. The normalized spacial score (nSPS) is 11.5. The summed E-state index contributed by atoms with van der Waals surface area (Å²) < 4.78 is 10.9. The number of carbonyl (C=O) groups is 1. The summed E-state index contributed by atoms with van der Waals surface area (Å²) in [5.41, 5.74) is 1.51. The van der Waals surface area contributed by atoms with E-state index < -0.39 is 5.60 Å². The highest BCUT2D eigenvalue weighted by atomic mass is 16.6. The van der Waals surface area contributed by atoms with Crippen molar-refractivity contribution in [3.63, 3.8) is 0 Å². The first-order valence-corrected chi connectivity index (χ1v) is 7.69. The lowest BCUT2D eigenvalue weighted by molar-refractivity contribution is 0.00696. The van der Waals surface area contributed by atoms with Gasteiger partial charge in [-0.2, -0.15) is 0 Å². The molecule has 0 bridgehead atoms. The largest absolute Gasteiger partial charge is 0.463 e. The summed E-state index contributed by atoms with van der Waals surface area (Å²) in [7, 11) is 0. The van der Waals surface area contributed by atoms with Crippen LogP contribution in [0.15, 0.2) is 64.0 Å². The SMILES string of the molecule is CC(C)(C)OC(=O)c1ccc(-c2coc3ccccc3c2=O)cc1. The molecular weight excluding hydrogens is 304 g/mol. The van der Waals surface area contributed by atoms with Gasteiger partial charge in [0.15, 0.2) is 5.43 Å². The molecule has 0 fully saturated rings. The van der Waals surface area contributed by atoms with Gasteiger partial charge in [-0.25, -0.2) is 4.79 Å². The maximum atomic E-state index is 12.6. The number of ether oxygens (including phenoxy) is 1. The molecule has 0 atom stereocenters. The smallest absolute Gasteiger partial charge is 0.338 e. The van der Waals surface area contributed by atoms with E-state index in [1.165, 1.54) is 6.26 Å². The quantitative estimate of drug-likeness (QED) is 0.656. The number of para-hydroxylation sites is 1. The lowest BCUT2D eigenvalue weighted by atomic mass is 10.0. The van der Waals surface area contributed by atoms with Crippen LogP contribution < -0.4 is 5.43 Å². The molecule has 0 unspecified atom stereocenters. The molecule has 0 N–H and O–H groups in total. The Balaban J connectivity index is 1.96. The van der Waals surface area contributed by atoms with E-state index in [0.717, 1.165) is 0 Å². The molecular formula is C20H18O4. The van der Waals surface area contributed by atoms with Crippen molar-refractivity contribution in [3.8, 4) is 11.1 Å². The molecule has 3 aromatic rings. The van der Waals surface area contributed by atoms with Crippen molar-refractivity contribution in [2.24, 2.45) is 0 Å². The van der Waals surface area contributed by atoms with E-state index in [1.807, 2.05) is 26.8 Å². The number of hydrogen-bond donors (Lipinski definition) is 0. The zero-order chi connectivity index (χ0) is 17.3. The number of hydrogen-bond acceptors (Lipinski definition) is 4. The van der Waals surface area contributed by atoms with Crippen LogP contribution in [0.3, 0.4) is 0 Å². The molecule has 0 radical (unpaired) electrons. The third kappa shape index (κ3) is 3.23. The van der Waals surface area contributed by atoms with Crippen molar-refractivity contribution in [1.29, 1.82) is 0 Å². The van der Waals surface area contributed by atoms with Gasteiger partial charge in [0.25, 0.3) is 0 Å². The highest BCUT2D eigenvalue weighted by Gasteiger charge is 2.18. The predicted octanol–water partition coefficient (Wildman–Crippen LogP) is 4.42. The summed E-state index contributed by atoms with van der Waals surface area (Å²) in [6.07, 6.45) is 1.45. The molecule has 122 valence electrons. The highest BCUT2D eigenvalue weighted by molar-refractivity contribution is 5.90. The Morgan fingerprint density at radius 3 is 2.33 bits per heavy atom. The molecule has 1 aromatic heterocycles. The molecule has 0 spiro atoms. The van der Waals surface area contributed by atoms with Gasteiger partial charge in [-0.05, 0) is 50.6 Å². The molecule has 3 rings (SSSR count). The minimum atomic E-state index is -0.546. The summed E-state index contributed by atoms with van der Waals surface area (Å²) in [6.45, 7) is 5.46. The van der Waals surface area contributed by atoms with Crippen molar-refractivity contribution in [1.82, 2.24) is 0 Å². The summed E-state index contributed by atoms with van der Waals surface area (Å²) in [6, 6.07) is 13.9. The van der Waals surface area contributed by atoms with Crippen LogP contribution in [0.2, 0.25) is 0 Å². The van der Waals surface area contributed by atoms with E-state index in [1.54, 1.807) is 42.5 Å². The zero-order valence-electron chi connectivity index (χ0n) is 13.8. The van der Waals surface area contributed by atoms with Crippen molar-refractivity contribution in [3.05, 3.63) is 70.6 Å². The topological polar surface area (TPSA) is 56.5 Å². The van der Waals surface area contributed by atoms with E-state index in [4.69, 9.17) is 9.15 Å². The minimum absolute atomic E-state index is 0.0955. The maximum Gasteiger partial charge on any atom is 0.338 e. The number of benzene rings is 2. The molecule has 1 heterocycles. The Morgan fingerprint density at radius 1 is 1.00 bits per heavy atom. The number of fused-ring (bicyclic) bond motifs is 1. The maximum absolute atomic E-state index is 12.6. The van der Waals surface area contributed by atoms with Gasteiger partial charge < -0.3 is 9.15 Å². The fourth-order valence-electron chi connectivity index (χ4n) is 2.40. The van der Waals surface area contributed by atoms with E-state index >= 15 is 0 Å². The molecule has 0 saturated heterocycles. The first-order chi connectivity index (χ1) is 11.3. The lowest BCUT2D eigenvalue weighted by Gasteiger charge is -2.19. The van der Waals surface area contributed by atoms with Crippen molar-refractivity contribution < 1.29 is 13.9 Å². The summed E-state index contributed by atoms with van der Waals surface area (Å²) in [5, 5.41) is 0.534. The van der Waals surface area contributed by atoms with E-state index in [0.29, 0.717) is 27.7 Å². The van der Waals surface area contributed by atoms with Crippen molar-refractivity contribution >= 4 is 16.9 Å². The molecule has 0 saturated carbocycles. The second kappa shape index (κ2) is 5.96. The van der Waals surface area contributed by atoms with Crippen LogP contribution in [0.5, 0.6) is 0 Å². The van der Waals surface area contributed by atoms with Crippen LogP contribution >= 0.6 is 0 Å². The number of carbonyl (C=O) groups excluding carboxylic acids is 1. The van der Waals surface area contributed by atoms with Crippen LogP contribution in [-0.4, -0.2) is 11.6 Å². The molecule has 4 heteroatoms. The van der Waals surface area contributed by atoms with Gasteiger partial charge in [0.2, 0.25) is 0 Å². The molecule has 0 aliphatic heterocycles. The Kier molecular flexibility index (Phi) is 3.97. The van der Waals surface area contributed by atoms with Crippen molar-refractivity contribution in [2.45, 2.75) is 26.4 Å². The van der Waals surface area contributed by atoms with Gasteiger partial charge in [-0.15, -0.1) is 0 Å². The van der Waals surface area contributed by atoms with Crippen molar-refractivity contribution in [2.75, 3.05) is 0 Å². The summed E-state index contributed by atoms with van der Waals surface area (Å²) in [4.78, 5) is 24.6. The Morgan fingerprint density at radius 2 is 1.67 bits per heavy atom. The zero-order valence-corrected chi connectivity index (χ0v) is 13.8. The van der Waals surface area contributed by atoms with Gasteiger partial charge in [-0.1, -0.05) is 24.3 Å². The van der Waals surface area contributed by atoms with Crippen LogP contribution in [0.1, 0.15) is 31.1 Å². The number of rotatable bonds is 2. The monoisotopic (exact) mass is 322 g/mol. The number of esters is 1. The van der Waals surface area contributed by atoms with Crippen LogP contribution in [-0.2, 0) is 4.74 Å². The molecule has 0 aliphatic rings. The van der Waals surface area contributed by atoms with Gasteiger partial charge in [0.05, 0.1) is 16.5 Å². The Labute approximate surface area is 139 Å². The fraction of sp³-hybridized carbons (Fsp3) is 0.200. The van der Waals surface area contributed by atoms with E-state index in [-0.39, 0.29) is 11.4 Å². The first kappa shape index (κ1) is 16.0. The minimum Gasteiger partial charge on any atom is -0.463 e. The molecule has 0 amide bonds. The predicted molar refractivity (Wildman–Crippen MR) is 93.1 cm³/mol. The lowest BCUT2D eigenvalue weighted by Crippen LogP contribution is -2.23. The average Bonchev–Trinajstić information content (AvgIpc) is 2.54. The van der Waals surface area contributed by atoms with Crippen LogP contribution in [0.4, 0.5) is 0 Å². The van der Waals surface area contributed by atoms with Gasteiger partial charge in [0.1, 0.15) is 17.4 Å². The second-order valence-corrected chi connectivity index (χ2v) is 6.55. The second-order valence-electron chi connectivity index (χ2n) is 6.55. The third-order valence-electron chi connectivity index (χ3n) is 3.51. The fourth-order valence-corrected chi connectivity index (χ4v) is 2.40. The van der Waals surface area contributed by atoms with E-state index in [2.05, 4.69) is 0 Å². The first-order valence-electron chi connectivity index (χ1n) is 7.69. The Bertz CT molecular complexity index is 944. The van der Waals surface area contributed by atoms with Gasteiger partial charge in [0, 0.05) is 0 Å². The third-order valence-corrected chi connectivity index (χ3v) is 3.51. The van der Waals surface area contributed by atoms with Gasteiger partial charge >= 0.3 is 5.97 Å². The summed E-state index contributed by atoms with van der Waals surface area (Å²) >= 11 is 0. The Hall–Kier alpha value is -2.88. The standard InChI is InChI=1S/C20H18O4/c1-20(2,3)24-19(22)14-10-8-13(9-11-14)16-12-23-17-7-5-4-6-15(17)18(16)21/h4-12H,1-3H3. The molecule has 24 heavy (non-hydrogen) atoms. The molecule has 0 aliphatic carbocycles. The van der Waals surface area contributed by atoms with Crippen LogP contribution in [0.25, 0.3) is 22.1 Å². The van der Waals surface area contributed by atoms with Gasteiger partial charge in [-0.3, -0.25) is 4.79 Å². The molecule has 2 aromatic carbocycles. The molecule has 4 nitrogen and oxygen atoms in total. The highest BCUT2D eigenvalue weighted by Crippen LogP contribution is 2.21. The summed E-state index contributed by atoms with van der Waals surface area (Å²) in [5.74, 6) is -0.389. The van der Waals surface area contributed by atoms with Crippen LogP contribution in [0, 0.1) is 0 Å². The van der Waals surface area contributed by atoms with E-state index in [9.17, 15) is 9.59 Å².